The quantitative estimate of drug-likeness (QED) is 0.836. The van der Waals surface area contributed by atoms with Gasteiger partial charge in [0.15, 0.2) is 21.7 Å². The Balaban J connectivity index is 2.03. The minimum atomic E-state index is -0.341. The predicted octanol–water partition coefficient (Wildman–Crippen LogP) is 2.60. The van der Waals surface area contributed by atoms with Crippen LogP contribution >= 0.6 is 23.6 Å². The molecule has 22 heavy (non-hydrogen) atoms. The van der Waals surface area contributed by atoms with Crippen molar-refractivity contribution in [2.45, 2.75) is 6.92 Å². The zero-order valence-electron chi connectivity index (χ0n) is 12.3. The van der Waals surface area contributed by atoms with Gasteiger partial charge in [0.1, 0.15) is 0 Å². The number of nitrogens with one attached hydrogen (secondary N) is 2. The van der Waals surface area contributed by atoms with Gasteiger partial charge in [-0.2, -0.15) is 0 Å². The molecular weight excluding hydrogens is 322 g/mol. The van der Waals surface area contributed by atoms with Crippen LogP contribution in [0.1, 0.15) is 16.1 Å². The predicted molar refractivity (Wildman–Crippen MR) is 90.1 cm³/mol. The zero-order chi connectivity index (χ0) is 16.1. The van der Waals surface area contributed by atoms with Crippen molar-refractivity contribution < 1.29 is 14.3 Å². The highest BCUT2D eigenvalue weighted by Crippen LogP contribution is 2.27. The smallest absolute Gasteiger partial charge is 0.257 e. The Morgan fingerprint density at radius 3 is 2.59 bits per heavy atom. The van der Waals surface area contributed by atoms with E-state index in [-0.39, 0.29) is 11.0 Å². The maximum absolute atomic E-state index is 12.2. The molecule has 2 rings (SSSR count). The third-order valence-corrected chi connectivity index (χ3v) is 3.79. The van der Waals surface area contributed by atoms with Crippen LogP contribution in [-0.2, 0) is 0 Å². The summed E-state index contributed by atoms with van der Waals surface area (Å²) >= 11 is 6.51. The maximum atomic E-state index is 12.2. The molecule has 0 radical (unpaired) electrons. The van der Waals surface area contributed by atoms with Gasteiger partial charge >= 0.3 is 0 Å². The average Bonchev–Trinajstić information content (AvgIpc) is 2.91. The minimum absolute atomic E-state index is 0.189. The lowest BCUT2D eigenvalue weighted by molar-refractivity contribution is 0.0977. The summed E-state index contributed by atoms with van der Waals surface area (Å²) in [5.41, 5.74) is 1.30. The number of carbonyl (C=O) groups is 1. The number of benzene rings is 1. The molecule has 1 aromatic heterocycles. The van der Waals surface area contributed by atoms with E-state index < -0.39 is 0 Å². The van der Waals surface area contributed by atoms with E-state index >= 15 is 0 Å². The number of thiazole rings is 1. The normalized spacial score (nSPS) is 9.95. The van der Waals surface area contributed by atoms with Crippen molar-refractivity contribution in [1.29, 1.82) is 0 Å². The van der Waals surface area contributed by atoms with Gasteiger partial charge in [0, 0.05) is 10.9 Å². The largest absolute Gasteiger partial charge is 0.493 e. The van der Waals surface area contributed by atoms with Gasteiger partial charge in [-0.1, -0.05) is 0 Å². The molecule has 1 heterocycles. The fraction of sp³-hybridized carbons (Fsp3) is 0.214. The van der Waals surface area contributed by atoms with Gasteiger partial charge in [0.25, 0.3) is 5.91 Å². The molecule has 6 nitrogen and oxygen atoms in total. The van der Waals surface area contributed by atoms with Crippen LogP contribution in [-0.4, -0.2) is 30.2 Å². The number of aryl methyl sites for hydroxylation is 1. The highest BCUT2D eigenvalue weighted by Gasteiger charge is 2.12. The summed E-state index contributed by atoms with van der Waals surface area (Å²) in [6.45, 7) is 1.88. The molecule has 1 amide bonds. The lowest BCUT2D eigenvalue weighted by Gasteiger charge is -2.10. The highest BCUT2D eigenvalue weighted by atomic mass is 32.1. The number of aromatic nitrogens is 1. The van der Waals surface area contributed by atoms with Crippen molar-refractivity contribution in [3.63, 3.8) is 0 Å². The Morgan fingerprint density at radius 2 is 2.00 bits per heavy atom. The van der Waals surface area contributed by atoms with Gasteiger partial charge in [-0.05, 0) is 37.3 Å². The van der Waals surface area contributed by atoms with Gasteiger partial charge in [0.2, 0.25) is 0 Å². The lowest BCUT2D eigenvalue weighted by atomic mass is 10.2. The van der Waals surface area contributed by atoms with Crippen LogP contribution in [0.4, 0.5) is 5.13 Å². The molecule has 116 valence electrons. The average molecular weight is 337 g/mol. The topological polar surface area (TPSA) is 72.5 Å². The molecule has 0 aliphatic carbocycles. The molecule has 0 saturated carbocycles. The van der Waals surface area contributed by atoms with E-state index in [1.54, 1.807) is 18.2 Å². The Labute approximate surface area is 137 Å². The summed E-state index contributed by atoms with van der Waals surface area (Å²) in [6.07, 6.45) is 0. The lowest BCUT2D eigenvalue weighted by Crippen LogP contribution is -2.34. The summed E-state index contributed by atoms with van der Waals surface area (Å²) in [6, 6.07) is 4.88. The van der Waals surface area contributed by atoms with E-state index in [1.165, 1.54) is 25.6 Å². The number of amides is 1. The number of rotatable bonds is 4. The number of anilines is 1. The second-order valence-electron chi connectivity index (χ2n) is 4.27. The molecule has 0 fully saturated rings. The molecule has 8 heteroatoms. The maximum Gasteiger partial charge on any atom is 0.257 e. The first-order chi connectivity index (χ1) is 10.5. The van der Waals surface area contributed by atoms with Crippen LogP contribution in [0.5, 0.6) is 11.5 Å². The van der Waals surface area contributed by atoms with Crippen LogP contribution < -0.4 is 20.1 Å². The number of hydrogen-bond donors (Lipinski definition) is 2. The standard InChI is InChI=1S/C14H15N3O3S2/c1-8-7-22-14(15-8)17-13(21)16-12(18)9-4-5-10(19-2)11(6-9)20-3/h4-7H,1-3H3,(H2,15,16,17,18,21). The Hall–Kier alpha value is -2.19. The van der Waals surface area contributed by atoms with E-state index in [0.29, 0.717) is 22.2 Å². The highest BCUT2D eigenvalue weighted by molar-refractivity contribution is 7.80. The third-order valence-electron chi connectivity index (χ3n) is 2.71. The number of ether oxygens (including phenoxy) is 2. The SMILES string of the molecule is COc1ccc(C(=O)NC(=S)Nc2nc(C)cs2)cc1OC. The van der Waals surface area contributed by atoms with E-state index in [4.69, 9.17) is 21.7 Å². The summed E-state index contributed by atoms with van der Waals surface area (Å²) in [5.74, 6) is 0.689. The first-order valence-electron chi connectivity index (χ1n) is 6.30. The molecule has 0 saturated heterocycles. The van der Waals surface area contributed by atoms with Crippen molar-refractivity contribution in [3.05, 3.63) is 34.8 Å². The van der Waals surface area contributed by atoms with Gasteiger partial charge in [-0.15, -0.1) is 11.3 Å². The van der Waals surface area contributed by atoms with Crippen molar-refractivity contribution in [3.8, 4) is 11.5 Å². The molecule has 0 aliphatic heterocycles. The molecule has 2 N–H and O–H groups in total. The monoisotopic (exact) mass is 337 g/mol. The summed E-state index contributed by atoms with van der Waals surface area (Å²) in [4.78, 5) is 16.4. The van der Waals surface area contributed by atoms with E-state index in [1.807, 2.05) is 12.3 Å². The summed E-state index contributed by atoms with van der Waals surface area (Å²) in [5, 5.41) is 8.17. The Morgan fingerprint density at radius 1 is 1.27 bits per heavy atom. The molecule has 0 spiro atoms. The minimum Gasteiger partial charge on any atom is -0.493 e. The fourth-order valence-corrected chi connectivity index (χ4v) is 2.64. The first kappa shape index (κ1) is 16.2. The van der Waals surface area contributed by atoms with Crippen molar-refractivity contribution in [2.24, 2.45) is 0 Å². The van der Waals surface area contributed by atoms with E-state index in [9.17, 15) is 4.79 Å². The van der Waals surface area contributed by atoms with Crippen LogP contribution in [0, 0.1) is 6.92 Å². The first-order valence-corrected chi connectivity index (χ1v) is 7.58. The molecule has 2 aromatic rings. The number of nitrogens with zero attached hydrogens (tertiary/aromatic N) is 1. The van der Waals surface area contributed by atoms with Gasteiger partial charge in [0.05, 0.1) is 19.9 Å². The molecular formula is C14H15N3O3S2. The second-order valence-corrected chi connectivity index (χ2v) is 5.54. The number of thiocarbonyl (C=S) groups is 1. The third kappa shape index (κ3) is 3.92. The van der Waals surface area contributed by atoms with Crippen molar-refractivity contribution in [1.82, 2.24) is 10.3 Å². The Bertz CT molecular complexity index is 700. The zero-order valence-corrected chi connectivity index (χ0v) is 13.9. The van der Waals surface area contributed by atoms with Crippen molar-refractivity contribution in [2.75, 3.05) is 19.5 Å². The van der Waals surface area contributed by atoms with Crippen LogP contribution in [0.25, 0.3) is 0 Å². The Kier molecular flexibility index (Phi) is 5.29. The number of methoxy groups -OCH3 is 2. The summed E-state index contributed by atoms with van der Waals surface area (Å²) < 4.78 is 10.3. The number of carbonyl (C=O) groups excluding carboxylic acids is 1. The van der Waals surface area contributed by atoms with Crippen LogP contribution in [0.15, 0.2) is 23.6 Å². The second kappa shape index (κ2) is 7.19. The molecule has 1 aromatic carbocycles. The van der Waals surface area contributed by atoms with Gasteiger partial charge < -0.3 is 14.8 Å². The van der Waals surface area contributed by atoms with Gasteiger partial charge in [-0.3, -0.25) is 10.1 Å². The van der Waals surface area contributed by atoms with Crippen molar-refractivity contribution >= 4 is 39.7 Å². The molecule has 0 aliphatic rings. The van der Waals surface area contributed by atoms with Crippen LogP contribution in [0.2, 0.25) is 0 Å². The molecule has 0 unspecified atom stereocenters. The molecule has 0 atom stereocenters. The fourth-order valence-electron chi connectivity index (χ4n) is 1.69. The molecule has 0 bridgehead atoms. The summed E-state index contributed by atoms with van der Waals surface area (Å²) in [7, 11) is 3.04. The van der Waals surface area contributed by atoms with E-state index in [2.05, 4.69) is 15.6 Å². The number of hydrogen-bond acceptors (Lipinski definition) is 6. The van der Waals surface area contributed by atoms with E-state index in [0.717, 1.165) is 5.69 Å². The van der Waals surface area contributed by atoms with Gasteiger partial charge in [-0.25, -0.2) is 4.98 Å². The van der Waals surface area contributed by atoms with Crippen LogP contribution in [0.3, 0.4) is 0 Å².